The smallest absolute Gasteiger partial charge is 0.276 e. The van der Waals surface area contributed by atoms with Crippen molar-refractivity contribution in [2.45, 2.75) is 53.1 Å². The van der Waals surface area contributed by atoms with Gasteiger partial charge in [0.1, 0.15) is 11.5 Å². The lowest BCUT2D eigenvalue weighted by Gasteiger charge is -2.15. The lowest BCUT2D eigenvalue weighted by atomic mass is 10.0. The molecular formula is C24H31N3O4S. The average molecular weight is 458 g/mol. The topological polar surface area (TPSA) is 88.7 Å². The number of carbonyl (C=O) groups is 2. The molecule has 0 aliphatic rings. The minimum absolute atomic E-state index is 0.0262. The zero-order valence-electron chi connectivity index (χ0n) is 19.2. The van der Waals surface area contributed by atoms with Gasteiger partial charge >= 0.3 is 0 Å². The van der Waals surface area contributed by atoms with Gasteiger partial charge in [0.2, 0.25) is 0 Å². The maximum atomic E-state index is 12.3. The van der Waals surface area contributed by atoms with Crippen molar-refractivity contribution in [2.75, 3.05) is 6.61 Å². The van der Waals surface area contributed by atoms with Crippen LogP contribution >= 0.6 is 12.2 Å². The SMILES string of the molecule is CCC(C)Oc1ccc(C(=O)NC(=S)NNC(=O)COc2cc(C)ccc2C(C)C)cc1. The molecule has 2 aromatic rings. The molecule has 172 valence electrons. The Balaban J connectivity index is 1.79. The van der Waals surface area contributed by atoms with Crippen LogP contribution in [0.5, 0.6) is 11.5 Å². The van der Waals surface area contributed by atoms with Gasteiger partial charge in [-0.2, -0.15) is 0 Å². The van der Waals surface area contributed by atoms with E-state index in [1.807, 2.05) is 39.0 Å². The van der Waals surface area contributed by atoms with Gasteiger partial charge in [-0.15, -0.1) is 0 Å². The molecule has 1 atom stereocenters. The number of carbonyl (C=O) groups excluding carboxylic acids is 2. The molecule has 2 aromatic carbocycles. The molecule has 32 heavy (non-hydrogen) atoms. The van der Waals surface area contributed by atoms with Crippen LogP contribution in [-0.2, 0) is 4.79 Å². The van der Waals surface area contributed by atoms with Gasteiger partial charge in [0.05, 0.1) is 6.10 Å². The summed E-state index contributed by atoms with van der Waals surface area (Å²) in [5, 5.41) is 2.49. The standard InChI is InChI=1S/C24H31N3O4S/c1-6-17(5)31-19-10-8-18(9-11-19)23(29)25-24(32)27-26-22(28)14-30-21-13-16(4)7-12-20(21)15(2)3/h7-13,15,17H,6,14H2,1-5H3,(H,26,28)(H2,25,27,29,32). The lowest BCUT2D eigenvalue weighted by molar-refractivity contribution is -0.123. The zero-order chi connectivity index (χ0) is 23.7. The minimum atomic E-state index is -0.427. The van der Waals surface area contributed by atoms with E-state index in [0.29, 0.717) is 17.1 Å². The van der Waals surface area contributed by atoms with E-state index in [2.05, 4.69) is 30.0 Å². The van der Waals surface area contributed by atoms with Gasteiger partial charge in [0, 0.05) is 5.56 Å². The third kappa shape index (κ3) is 7.85. The molecule has 0 spiro atoms. The Bertz CT molecular complexity index is 945. The Kier molecular flexibility index (Phi) is 9.46. The molecule has 2 amide bonds. The first kappa shape index (κ1) is 25.1. The fourth-order valence-corrected chi connectivity index (χ4v) is 2.90. The third-order valence-electron chi connectivity index (χ3n) is 4.72. The minimum Gasteiger partial charge on any atom is -0.491 e. The average Bonchev–Trinajstić information content (AvgIpc) is 2.76. The number of amides is 2. The first-order valence-corrected chi connectivity index (χ1v) is 11.0. The van der Waals surface area contributed by atoms with Crippen LogP contribution in [0.25, 0.3) is 0 Å². The van der Waals surface area contributed by atoms with Crippen LogP contribution in [0.3, 0.4) is 0 Å². The number of hydrogen-bond donors (Lipinski definition) is 3. The summed E-state index contributed by atoms with van der Waals surface area (Å²) >= 11 is 5.07. The highest BCUT2D eigenvalue weighted by atomic mass is 32.1. The highest BCUT2D eigenvalue weighted by Gasteiger charge is 2.12. The lowest BCUT2D eigenvalue weighted by Crippen LogP contribution is -2.49. The van der Waals surface area contributed by atoms with Gasteiger partial charge < -0.3 is 9.47 Å². The number of benzene rings is 2. The molecule has 0 heterocycles. The van der Waals surface area contributed by atoms with Crippen molar-refractivity contribution >= 4 is 29.1 Å². The van der Waals surface area contributed by atoms with Crippen LogP contribution < -0.4 is 25.6 Å². The molecule has 7 nitrogen and oxygen atoms in total. The molecule has 2 rings (SSSR count). The highest BCUT2D eigenvalue weighted by Crippen LogP contribution is 2.27. The quantitative estimate of drug-likeness (QED) is 0.410. The molecule has 0 fully saturated rings. The second kappa shape index (κ2) is 12.0. The predicted octanol–water partition coefficient (Wildman–Crippen LogP) is 4.01. The monoisotopic (exact) mass is 457 g/mol. The van der Waals surface area contributed by atoms with E-state index >= 15 is 0 Å². The van der Waals surface area contributed by atoms with E-state index in [4.69, 9.17) is 21.7 Å². The Labute approximate surface area is 194 Å². The molecule has 0 saturated heterocycles. The van der Waals surface area contributed by atoms with Crippen molar-refractivity contribution in [3.63, 3.8) is 0 Å². The number of thiocarbonyl (C=S) groups is 1. The first-order valence-electron chi connectivity index (χ1n) is 10.6. The van der Waals surface area contributed by atoms with Gasteiger partial charge in [0.15, 0.2) is 11.7 Å². The molecule has 0 aliphatic carbocycles. The van der Waals surface area contributed by atoms with Crippen LogP contribution in [0.4, 0.5) is 0 Å². The second-order valence-electron chi connectivity index (χ2n) is 7.80. The van der Waals surface area contributed by atoms with Gasteiger partial charge in [-0.25, -0.2) is 0 Å². The van der Waals surface area contributed by atoms with E-state index in [9.17, 15) is 9.59 Å². The predicted molar refractivity (Wildman–Crippen MR) is 129 cm³/mol. The summed E-state index contributed by atoms with van der Waals surface area (Å²) in [7, 11) is 0. The van der Waals surface area contributed by atoms with Crippen LogP contribution in [0.15, 0.2) is 42.5 Å². The first-order chi connectivity index (χ1) is 15.2. The molecule has 0 saturated carbocycles. The molecule has 0 radical (unpaired) electrons. The summed E-state index contributed by atoms with van der Waals surface area (Å²) in [5.41, 5.74) is 7.42. The Hall–Kier alpha value is -3.13. The van der Waals surface area contributed by atoms with Crippen molar-refractivity contribution in [1.82, 2.24) is 16.2 Å². The summed E-state index contributed by atoms with van der Waals surface area (Å²) in [4.78, 5) is 24.4. The van der Waals surface area contributed by atoms with E-state index in [0.717, 1.165) is 17.5 Å². The summed E-state index contributed by atoms with van der Waals surface area (Å²) < 4.78 is 11.4. The van der Waals surface area contributed by atoms with Crippen LogP contribution in [0.1, 0.15) is 61.5 Å². The molecule has 0 aliphatic heterocycles. The maximum Gasteiger partial charge on any atom is 0.276 e. The number of rotatable bonds is 8. The van der Waals surface area contributed by atoms with E-state index in [-0.39, 0.29) is 23.7 Å². The maximum absolute atomic E-state index is 12.3. The van der Waals surface area contributed by atoms with Crippen LogP contribution in [0.2, 0.25) is 0 Å². The summed E-state index contributed by atoms with van der Waals surface area (Å²) in [6, 6.07) is 12.7. The van der Waals surface area contributed by atoms with Gasteiger partial charge in [-0.3, -0.25) is 25.8 Å². The fraction of sp³-hybridized carbons (Fsp3) is 0.375. The molecule has 0 bridgehead atoms. The Morgan fingerprint density at radius 1 is 1.03 bits per heavy atom. The Morgan fingerprint density at radius 3 is 2.34 bits per heavy atom. The summed E-state index contributed by atoms with van der Waals surface area (Å²) in [6.07, 6.45) is 0.991. The van der Waals surface area contributed by atoms with E-state index < -0.39 is 11.8 Å². The summed E-state index contributed by atoms with van der Waals surface area (Å²) in [5.74, 6) is 0.809. The fourth-order valence-electron chi connectivity index (χ4n) is 2.76. The zero-order valence-corrected chi connectivity index (χ0v) is 20.0. The second-order valence-corrected chi connectivity index (χ2v) is 8.21. The molecule has 3 N–H and O–H groups in total. The van der Waals surface area contributed by atoms with Gasteiger partial charge in [-0.05, 0) is 79.9 Å². The van der Waals surface area contributed by atoms with Crippen LogP contribution in [0, 0.1) is 6.92 Å². The van der Waals surface area contributed by atoms with Crippen molar-refractivity contribution in [2.24, 2.45) is 0 Å². The molecule has 8 heteroatoms. The molecule has 0 aromatic heterocycles. The van der Waals surface area contributed by atoms with E-state index in [1.165, 1.54) is 0 Å². The number of aryl methyl sites for hydroxylation is 1. The van der Waals surface area contributed by atoms with Crippen LogP contribution in [-0.4, -0.2) is 29.6 Å². The molecule has 1 unspecified atom stereocenters. The van der Waals surface area contributed by atoms with Gasteiger partial charge in [0.25, 0.3) is 11.8 Å². The van der Waals surface area contributed by atoms with Gasteiger partial charge in [-0.1, -0.05) is 32.9 Å². The van der Waals surface area contributed by atoms with Crippen molar-refractivity contribution in [1.29, 1.82) is 0 Å². The van der Waals surface area contributed by atoms with Crippen molar-refractivity contribution in [3.05, 3.63) is 59.2 Å². The summed E-state index contributed by atoms with van der Waals surface area (Å²) in [6.45, 7) is 9.92. The normalized spacial score (nSPS) is 11.4. The van der Waals surface area contributed by atoms with Crippen molar-refractivity contribution < 1.29 is 19.1 Å². The Morgan fingerprint density at radius 2 is 1.72 bits per heavy atom. The number of ether oxygens (including phenoxy) is 2. The molecular weight excluding hydrogens is 426 g/mol. The number of hydrogen-bond acceptors (Lipinski definition) is 5. The number of nitrogens with one attached hydrogen (secondary N) is 3. The van der Waals surface area contributed by atoms with Crippen molar-refractivity contribution in [3.8, 4) is 11.5 Å². The highest BCUT2D eigenvalue weighted by molar-refractivity contribution is 7.80. The van der Waals surface area contributed by atoms with E-state index in [1.54, 1.807) is 24.3 Å². The number of hydrazine groups is 1. The third-order valence-corrected chi connectivity index (χ3v) is 4.93. The largest absolute Gasteiger partial charge is 0.491 e.